The summed E-state index contributed by atoms with van der Waals surface area (Å²) < 4.78 is 2.63. The van der Waals surface area contributed by atoms with Crippen LogP contribution >= 0.6 is 0 Å². The van der Waals surface area contributed by atoms with Crippen molar-refractivity contribution >= 4 is 10.9 Å². The second-order valence-corrected chi connectivity index (χ2v) is 8.21. The van der Waals surface area contributed by atoms with Crippen LogP contribution in [0.15, 0.2) is 42.5 Å². The molecule has 0 radical (unpaired) electrons. The molecule has 0 saturated heterocycles. The molecular weight excluding hydrogens is 328 g/mol. The van der Waals surface area contributed by atoms with E-state index in [2.05, 4.69) is 52.3 Å². The van der Waals surface area contributed by atoms with Crippen LogP contribution in [0.1, 0.15) is 47.2 Å². The van der Waals surface area contributed by atoms with Gasteiger partial charge >= 0.3 is 0 Å². The number of fused-ring (bicyclic) bond motifs is 4. The van der Waals surface area contributed by atoms with Crippen LogP contribution in [0.3, 0.4) is 0 Å². The summed E-state index contributed by atoms with van der Waals surface area (Å²) in [4.78, 5) is 0. The Morgan fingerprint density at radius 1 is 0.815 bits per heavy atom. The van der Waals surface area contributed by atoms with Gasteiger partial charge in [-0.15, -0.1) is 0 Å². The molecule has 1 aliphatic heterocycles. The number of nitrogens with one attached hydrogen (secondary N) is 1. The van der Waals surface area contributed by atoms with Crippen LogP contribution in [0.5, 0.6) is 0 Å². The maximum Gasteiger partial charge on any atom is 0.0485 e. The number of rotatable bonds is 4. The van der Waals surface area contributed by atoms with E-state index in [4.69, 9.17) is 0 Å². The lowest BCUT2D eigenvalue weighted by Gasteiger charge is -2.19. The predicted molar refractivity (Wildman–Crippen MR) is 114 cm³/mol. The highest BCUT2D eigenvalue weighted by molar-refractivity contribution is 5.85. The molecule has 3 aromatic rings. The molecule has 0 saturated carbocycles. The van der Waals surface area contributed by atoms with Crippen molar-refractivity contribution in [3.63, 3.8) is 0 Å². The standard InChI is InChI=1S/C25H30N2/c1-2-11-21-19(7-1)8-5-9-20(21)10-6-18-27-24-13-4-3-12-22(24)23-14-16-26-17-15-25(23)27/h3-5,8-9,12-13,26H,1-2,6-7,10-11,14-18H2. The second kappa shape index (κ2) is 7.52. The molecule has 5 rings (SSSR count). The first kappa shape index (κ1) is 17.1. The molecule has 140 valence electrons. The minimum atomic E-state index is 1.11. The number of nitrogens with zero attached hydrogens (tertiary/aromatic N) is 1. The maximum absolute atomic E-state index is 3.57. The molecule has 0 spiro atoms. The van der Waals surface area contributed by atoms with Gasteiger partial charge in [-0.2, -0.15) is 0 Å². The Hall–Kier alpha value is -2.06. The highest BCUT2D eigenvalue weighted by atomic mass is 15.0. The number of aryl methyl sites for hydroxylation is 3. The van der Waals surface area contributed by atoms with E-state index >= 15 is 0 Å². The smallest absolute Gasteiger partial charge is 0.0485 e. The van der Waals surface area contributed by atoms with Gasteiger partial charge in [0.15, 0.2) is 0 Å². The van der Waals surface area contributed by atoms with Crippen LogP contribution in [0.2, 0.25) is 0 Å². The minimum absolute atomic E-state index is 1.11. The number of aromatic nitrogens is 1. The average molecular weight is 359 g/mol. The van der Waals surface area contributed by atoms with Crippen LogP contribution in [-0.2, 0) is 38.6 Å². The van der Waals surface area contributed by atoms with Crippen molar-refractivity contribution in [2.24, 2.45) is 0 Å². The Labute approximate surface area is 162 Å². The Kier molecular flexibility index (Phi) is 4.75. The first-order valence-corrected chi connectivity index (χ1v) is 10.8. The molecule has 1 aliphatic carbocycles. The Balaban J connectivity index is 1.40. The topological polar surface area (TPSA) is 17.0 Å². The van der Waals surface area contributed by atoms with Crippen molar-refractivity contribution in [3.05, 3.63) is 70.4 Å². The van der Waals surface area contributed by atoms with E-state index in [0.717, 1.165) is 32.5 Å². The van der Waals surface area contributed by atoms with Crippen molar-refractivity contribution in [1.82, 2.24) is 9.88 Å². The zero-order valence-corrected chi connectivity index (χ0v) is 16.3. The van der Waals surface area contributed by atoms with Gasteiger partial charge < -0.3 is 9.88 Å². The van der Waals surface area contributed by atoms with E-state index in [1.807, 2.05) is 0 Å². The molecule has 2 aliphatic rings. The quantitative estimate of drug-likeness (QED) is 0.706. The second-order valence-electron chi connectivity index (χ2n) is 8.21. The Morgan fingerprint density at radius 2 is 1.70 bits per heavy atom. The molecular formula is C25H30N2. The van der Waals surface area contributed by atoms with E-state index in [1.165, 1.54) is 49.4 Å². The largest absolute Gasteiger partial charge is 0.344 e. The van der Waals surface area contributed by atoms with Crippen LogP contribution in [0.25, 0.3) is 10.9 Å². The molecule has 27 heavy (non-hydrogen) atoms. The molecule has 2 nitrogen and oxygen atoms in total. The normalized spacial score (nSPS) is 16.7. The van der Waals surface area contributed by atoms with Crippen molar-refractivity contribution < 1.29 is 0 Å². The third kappa shape index (κ3) is 3.21. The third-order valence-electron chi connectivity index (χ3n) is 6.61. The Bertz CT molecular complexity index is 950. The van der Waals surface area contributed by atoms with Gasteiger partial charge in [0.1, 0.15) is 0 Å². The van der Waals surface area contributed by atoms with Crippen molar-refractivity contribution in [2.75, 3.05) is 13.1 Å². The highest BCUT2D eigenvalue weighted by Gasteiger charge is 2.18. The molecule has 0 bridgehead atoms. The van der Waals surface area contributed by atoms with Crippen LogP contribution < -0.4 is 5.32 Å². The fourth-order valence-corrected chi connectivity index (χ4v) is 5.32. The minimum Gasteiger partial charge on any atom is -0.344 e. The van der Waals surface area contributed by atoms with Gasteiger partial charge in [0, 0.05) is 36.1 Å². The zero-order valence-electron chi connectivity index (χ0n) is 16.3. The summed E-state index contributed by atoms with van der Waals surface area (Å²) in [7, 11) is 0. The molecule has 1 N–H and O–H groups in total. The third-order valence-corrected chi connectivity index (χ3v) is 6.61. The van der Waals surface area contributed by atoms with Crippen molar-refractivity contribution in [3.8, 4) is 0 Å². The van der Waals surface area contributed by atoms with E-state index in [0.29, 0.717) is 0 Å². The van der Waals surface area contributed by atoms with E-state index in [-0.39, 0.29) is 0 Å². The predicted octanol–water partition coefficient (Wildman–Crippen LogP) is 4.84. The van der Waals surface area contributed by atoms with Crippen LogP contribution in [-0.4, -0.2) is 17.7 Å². The lowest BCUT2D eigenvalue weighted by molar-refractivity contribution is 0.618. The SMILES string of the molecule is c1cc2c(c(CCCn3c4c(c5ccccc53)CCNCC4)c1)CCCC2. The fraction of sp³-hybridized carbons (Fsp3) is 0.440. The Morgan fingerprint density at radius 3 is 2.70 bits per heavy atom. The van der Waals surface area contributed by atoms with Gasteiger partial charge in [-0.1, -0.05) is 36.4 Å². The van der Waals surface area contributed by atoms with Gasteiger partial charge in [0.05, 0.1) is 0 Å². The van der Waals surface area contributed by atoms with Gasteiger partial charge in [0.2, 0.25) is 0 Å². The number of para-hydroxylation sites is 1. The number of hydrogen-bond donors (Lipinski definition) is 1. The highest BCUT2D eigenvalue weighted by Crippen LogP contribution is 2.29. The van der Waals surface area contributed by atoms with Crippen molar-refractivity contribution in [2.45, 2.75) is 57.9 Å². The number of hydrogen-bond acceptors (Lipinski definition) is 1. The lowest BCUT2D eigenvalue weighted by atomic mass is 9.87. The van der Waals surface area contributed by atoms with Gasteiger partial charge in [-0.25, -0.2) is 0 Å². The molecule has 2 heterocycles. The molecule has 1 aromatic heterocycles. The van der Waals surface area contributed by atoms with Gasteiger partial charge in [-0.05, 0) is 79.8 Å². The molecule has 0 fully saturated rings. The summed E-state index contributed by atoms with van der Waals surface area (Å²) in [6.07, 6.45) is 10.1. The van der Waals surface area contributed by atoms with E-state index in [1.54, 1.807) is 27.9 Å². The van der Waals surface area contributed by atoms with Gasteiger partial charge in [0.25, 0.3) is 0 Å². The summed E-state index contributed by atoms with van der Waals surface area (Å²) in [5.41, 5.74) is 9.51. The van der Waals surface area contributed by atoms with Crippen LogP contribution in [0, 0.1) is 0 Å². The lowest BCUT2D eigenvalue weighted by Crippen LogP contribution is -2.17. The first-order valence-electron chi connectivity index (χ1n) is 10.8. The molecule has 2 aromatic carbocycles. The molecule has 2 heteroatoms. The summed E-state index contributed by atoms with van der Waals surface area (Å²) >= 11 is 0. The van der Waals surface area contributed by atoms with Gasteiger partial charge in [-0.3, -0.25) is 0 Å². The summed E-state index contributed by atoms with van der Waals surface area (Å²) in [6, 6.07) is 16.0. The number of benzene rings is 2. The summed E-state index contributed by atoms with van der Waals surface area (Å²) in [5.74, 6) is 0. The monoisotopic (exact) mass is 358 g/mol. The van der Waals surface area contributed by atoms with Crippen molar-refractivity contribution in [1.29, 1.82) is 0 Å². The van der Waals surface area contributed by atoms with E-state index in [9.17, 15) is 0 Å². The average Bonchev–Trinajstić information content (AvgIpc) is 2.85. The zero-order chi connectivity index (χ0) is 18.1. The maximum atomic E-state index is 3.57. The van der Waals surface area contributed by atoms with Crippen LogP contribution in [0.4, 0.5) is 0 Å². The first-order chi connectivity index (χ1) is 13.4. The summed E-state index contributed by atoms with van der Waals surface area (Å²) in [6.45, 7) is 3.35. The molecule has 0 unspecified atom stereocenters. The molecule has 0 atom stereocenters. The van der Waals surface area contributed by atoms with E-state index < -0.39 is 0 Å². The fourth-order valence-electron chi connectivity index (χ4n) is 5.32. The molecule has 0 amide bonds. The summed E-state index contributed by atoms with van der Waals surface area (Å²) in [5, 5.41) is 5.05.